The van der Waals surface area contributed by atoms with Crippen molar-refractivity contribution in [2.75, 3.05) is 5.75 Å². The van der Waals surface area contributed by atoms with Gasteiger partial charge in [-0.05, 0) is 19.3 Å². The molecule has 0 aliphatic rings. The van der Waals surface area contributed by atoms with Crippen LogP contribution in [0.2, 0.25) is 0 Å². The molecule has 232 valence electrons. The Morgan fingerprint density at radius 3 is 1.54 bits per heavy atom. The number of unbranched alkanes of at least 4 members (excludes halogenated alkanes) is 19. The van der Waals surface area contributed by atoms with E-state index in [1.54, 1.807) is 6.08 Å². The van der Waals surface area contributed by atoms with E-state index in [-0.39, 0.29) is 6.42 Å². The molecule has 0 spiro atoms. The maximum absolute atomic E-state index is 12.4. The average Bonchev–Trinajstić information content (AvgIpc) is 2.88. The quantitative estimate of drug-likeness (QED) is 0.0442. The van der Waals surface area contributed by atoms with Crippen LogP contribution in [0.3, 0.4) is 0 Å². The van der Waals surface area contributed by atoms with Crippen molar-refractivity contribution >= 4 is 16.0 Å². The van der Waals surface area contributed by atoms with Crippen LogP contribution in [-0.2, 0) is 14.9 Å². The third-order valence-corrected chi connectivity index (χ3v) is 8.10. The summed E-state index contributed by atoms with van der Waals surface area (Å²) in [5.74, 6) is -1.53. The Balaban J connectivity index is 4.21. The summed E-state index contributed by atoms with van der Waals surface area (Å²) in [5, 5.41) is 23.1. The molecule has 8 heteroatoms. The molecule has 0 aliphatic carbocycles. The van der Waals surface area contributed by atoms with Crippen LogP contribution in [0.1, 0.15) is 155 Å². The van der Waals surface area contributed by atoms with Crippen LogP contribution in [0.5, 0.6) is 0 Å². The topological polar surface area (TPSA) is 124 Å². The summed E-state index contributed by atoms with van der Waals surface area (Å²) in [6.07, 6.45) is 25.6. The minimum Gasteiger partial charge on any atom is -0.387 e. The van der Waals surface area contributed by atoms with Gasteiger partial charge in [0.1, 0.15) is 6.10 Å². The van der Waals surface area contributed by atoms with Gasteiger partial charge in [-0.3, -0.25) is 9.35 Å². The van der Waals surface area contributed by atoms with E-state index in [9.17, 15) is 28.0 Å². The second-order valence-electron chi connectivity index (χ2n) is 11.2. The van der Waals surface area contributed by atoms with Gasteiger partial charge >= 0.3 is 0 Å². The first-order valence-electron chi connectivity index (χ1n) is 16.0. The summed E-state index contributed by atoms with van der Waals surface area (Å²) in [5.41, 5.74) is 0. The Morgan fingerprint density at radius 2 is 1.10 bits per heavy atom. The van der Waals surface area contributed by atoms with Crippen molar-refractivity contribution < 1.29 is 28.0 Å². The van der Waals surface area contributed by atoms with Crippen LogP contribution in [-0.4, -0.2) is 53.1 Å². The van der Waals surface area contributed by atoms with E-state index in [0.717, 1.165) is 38.5 Å². The molecule has 0 radical (unpaired) electrons. The van der Waals surface area contributed by atoms with Gasteiger partial charge in [-0.25, -0.2) is 0 Å². The molecule has 0 aliphatic heterocycles. The molecular formula is C31H61NO6S. The molecule has 7 nitrogen and oxygen atoms in total. The van der Waals surface area contributed by atoms with Gasteiger partial charge in [-0.1, -0.05) is 148 Å². The predicted molar refractivity (Wildman–Crippen MR) is 162 cm³/mol. The van der Waals surface area contributed by atoms with E-state index < -0.39 is 40.0 Å². The molecule has 3 unspecified atom stereocenters. The molecular weight excluding hydrogens is 514 g/mol. The van der Waals surface area contributed by atoms with Gasteiger partial charge in [0.05, 0.1) is 17.9 Å². The highest BCUT2D eigenvalue weighted by Gasteiger charge is 2.27. The van der Waals surface area contributed by atoms with Gasteiger partial charge in [0.2, 0.25) is 5.91 Å². The van der Waals surface area contributed by atoms with Crippen molar-refractivity contribution in [1.82, 2.24) is 5.32 Å². The van der Waals surface area contributed by atoms with Crippen LogP contribution in [0.25, 0.3) is 0 Å². The molecule has 0 aromatic rings. The molecule has 0 heterocycles. The van der Waals surface area contributed by atoms with Crippen molar-refractivity contribution in [1.29, 1.82) is 0 Å². The third kappa shape index (κ3) is 25.7. The summed E-state index contributed by atoms with van der Waals surface area (Å²) in [6, 6.07) is -1.22. The number of nitrogens with one attached hydrogen (secondary N) is 1. The minimum absolute atomic E-state index is 0.284. The fourth-order valence-electron chi connectivity index (χ4n) is 4.81. The molecule has 0 aromatic carbocycles. The second-order valence-corrected chi connectivity index (χ2v) is 12.7. The molecule has 0 rings (SSSR count). The first kappa shape index (κ1) is 38.0. The molecule has 0 aromatic heterocycles. The monoisotopic (exact) mass is 575 g/mol. The molecule has 1 amide bonds. The zero-order chi connectivity index (χ0) is 29.2. The number of hydrogen-bond donors (Lipinski definition) is 4. The van der Waals surface area contributed by atoms with Crippen LogP contribution in [0.15, 0.2) is 12.2 Å². The Bertz CT molecular complexity index is 697. The fraction of sp³-hybridized carbons (Fsp3) is 0.903. The Morgan fingerprint density at radius 1 is 0.692 bits per heavy atom. The van der Waals surface area contributed by atoms with Crippen LogP contribution < -0.4 is 5.32 Å². The maximum Gasteiger partial charge on any atom is 0.267 e. The summed E-state index contributed by atoms with van der Waals surface area (Å²) in [7, 11) is -4.42. The smallest absolute Gasteiger partial charge is 0.267 e. The van der Waals surface area contributed by atoms with Gasteiger partial charge in [0, 0.05) is 0 Å². The van der Waals surface area contributed by atoms with E-state index in [1.807, 2.05) is 0 Å². The third-order valence-electron chi connectivity index (χ3n) is 7.32. The highest BCUT2D eigenvalue weighted by Crippen LogP contribution is 2.14. The van der Waals surface area contributed by atoms with Crippen LogP contribution in [0, 0.1) is 0 Å². The van der Waals surface area contributed by atoms with Gasteiger partial charge in [-0.2, -0.15) is 8.42 Å². The summed E-state index contributed by atoms with van der Waals surface area (Å²) in [4.78, 5) is 12.4. The van der Waals surface area contributed by atoms with Gasteiger partial charge < -0.3 is 15.5 Å². The van der Waals surface area contributed by atoms with E-state index in [2.05, 4.69) is 19.2 Å². The largest absolute Gasteiger partial charge is 0.387 e. The van der Waals surface area contributed by atoms with Crippen LogP contribution in [0.4, 0.5) is 0 Å². The second kappa shape index (κ2) is 26.0. The lowest BCUT2D eigenvalue weighted by atomic mass is 10.0. The number of hydrogen-bond acceptors (Lipinski definition) is 5. The first-order chi connectivity index (χ1) is 18.7. The number of aliphatic hydroxyl groups is 2. The highest BCUT2D eigenvalue weighted by molar-refractivity contribution is 7.85. The molecule has 4 N–H and O–H groups in total. The minimum atomic E-state index is -4.42. The summed E-state index contributed by atoms with van der Waals surface area (Å²) in [6.45, 7) is 4.43. The lowest BCUT2D eigenvalue weighted by Crippen LogP contribution is -2.50. The number of carbonyl (C=O) groups is 1. The van der Waals surface area contributed by atoms with E-state index in [4.69, 9.17) is 0 Å². The lowest BCUT2D eigenvalue weighted by molar-refractivity contribution is -0.130. The zero-order valence-corrected chi connectivity index (χ0v) is 25.9. The van der Waals surface area contributed by atoms with Gasteiger partial charge in [-0.15, -0.1) is 0 Å². The van der Waals surface area contributed by atoms with Crippen molar-refractivity contribution in [2.24, 2.45) is 0 Å². The van der Waals surface area contributed by atoms with Gasteiger partial charge in [0.15, 0.2) is 0 Å². The standard InChI is InChI=1S/C31H61NO6S/c1-3-5-7-9-11-13-15-16-18-20-22-24-26-30(34)31(35)32-28(27-39(36,37)38)29(33)25-23-21-19-17-14-12-10-8-6-4-2/h23,25,28-30,33-34H,3-22,24,26-27H2,1-2H3,(H,32,35)(H,36,37,38)/b25-23+. The fourth-order valence-corrected chi connectivity index (χ4v) is 5.54. The van der Waals surface area contributed by atoms with Crippen LogP contribution >= 0.6 is 0 Å². The summed E-state index contributed by atoms with van der Waals surface area (Å²) < 4.78 is 32.2. The van der Waals surface area contributed by atoms with Crippen molar-refractivity contribution in [3.8, 4) is 0 Å². The number of carbonyl (C=O) groups excluding carboxylic acids is 1. The predicted octanol–water partition coefficient (Wildman–Crippen LogP) is 7.26. The number of allylic oxidation sites excluding steroid dienone is 1. The highest BCUT2D eigenvalue weighted by atomic mass is 32.2. The average molecular weight is 576 g/mol. The Hall–Kier alpha value is -0.960. The van der Waals surface area contributed by atoms with Crippen molar-refractivity contribution in [3.05, 3.63) is 12.2 Å². The number of amides is 1. The van der Waals surface area contributed by atoms with Crippen molar-refractivity contribution in [3.63, 3.8) is 0 Å². The van der Waals surface area contributed by atoms with E-state index in [1.165, 1.54) is 96.0 Å². The molecule has 0 fully saturated rings. The molecule has 39 heavy (non-hydrogen) atoms. The first-order valence-corrected chi connectivity index (χ1v) is 17.6. The Kier molecular flexibility index (Phi) is 25.3. The summed E-state index contributed by atoms with van der Waals surface area (Å²) >= 11 is 0. The lowest BCUT2D eigenvalue weighted by Gasteiger charge is -2.22. The molecule has 3 atom stereocenters. The number of rotatable bonds is 28. The normalized spacial score (nSPS) is 14.5. The van der Waals surface area contributed by atoms with Crippen molar-refractivity contribution in [2.45, 2.75) is 173 Å². The zero-order valence-electron chi connectivity index (χ0n) is 25.1. The Labute approximate surface area is 240 Å². The molecule has 0 saturated carbocycles. The van der Waals surface area contributed by atoms with E-state index in [0.29, 0.717) is 6.42 Å². The van der Waals surface area contributed by atoms with Gasteiger partial charge in [0.25, 0.3) is 10.1 Å². The molecule has 0 saturated heterocycles. The maximum atomic E-state index is 12.4. The number of aliphatic hydroxyl groups excluding tert-OH is 2. The molecule has 0 bridgehead atoms. The SMILES string of the molecule is CCCCCCCCCC/C=C/C(O)C(CS(=O)(=O)O)NC(=O)C(O)CCCCCCCCCCCCCC. The van der Waals surface area contributed by atoms with E-state index >= 15 is 0 Å².